The summed E-state index contributed by atoms with van der Waals surface area (Å²) in [4.78, 5) is 0. The zero-order valence-corrected chi connectivity index (χ0v) is 12.0. The SMILES string of the molecule is C[Si](C)(C)OCC(F)(F)C(F)(F)C(F)(F)C(F)(F)C(F)F. The standard InChI is InChI=1S/C9H12F10OSi/c1-21(2,3)20-4-6(12,13)8(16,17)9(18,19)7(14,15)5(10)11/h5H,4H2,1-3H3. The van der Waals surface area contributed by atoms with Gasteiger partial charge in [-0.25, -0.2) is 8.78 Å². The number of hydrogen-bond acceptors (Lipinski definition) is 1. The molecular formula is C9H12F10OSi. The van der Waals surface area contributed by atoms with Crippen molar-refractivity contribution in [1.29, 1.82) is 0 Å². The summed E-state index contributed by atoms with van der Waals surface area (Å²) in [5, 5.41) is 0. The first-order valence-electron chi connectivity index (χ1n) is 5.33. The fourth-order valence-corrected chi connectivity index (χ4v) is 1.59. The molecule has 0 amide bonds. The van der Waals surface area contributed by atoms with E-state index in [0.29, 0.717) is 0 Å². The van der Waals surface area contributed by atoms with E-state index in [9.17, 15) is 43.9 Å². The molecule has 128 valence electrons. The van der Waals surface area contributed by atoms with Crippen LogP contribution in [-0.2, 0) is 4.43 Å². The molecule has 0 aliphatic rings. The van der Waals surface area contributed by atoms with Crippen molar-refractivity contribution in [3.8, 4) is 0 Å². The normalized spacial score (nSPS) is 15.7. The third-order valence-corrected chi connectivity index (χ3v) is 3.24. The Bertz CT molecular complexity index is 362. The van der Waals surface area contributed by atoms with Crippen LogP contribution in [-0.4, -0.2) is 45.0 Å². The minimum atomic E-state index is -6.96. The second-order valence-corrected chi connectivity index (χ2v) is 9.69. The maximum atomic E-state index is 13.1. The van der Waals surface area contributed by atoms with Crippen LogP contribution in [0.15, 0.2) is 0 Å². The molecule has 0 radical (unpaired) electrons. The topological polar surface area (TPSA) is 9.23 Å². The van der Waals surface area contributed by atoms with Crippen LogP contribution in [0.4, 0.5) is 43.9 Å². The van der Waals surface area contributed by atoms with E-state index in [0.717, 1.165) is 0 Å². The molecule has 0 atom stereocenters. The monoisotopic (exact) mass is 354 g/mol. The van der Waals surface area contributed by atoms with Crippen LogP contribution in [0, 0.1) is 0 Å². The number of alkyl halides is 10. The fraction of sp³-hybridized carbons (Fsp3) is 1.00. The Kier molecular flexibility index (Phi) is 5.45. The van der Waals surface area contributed by atoms with Gasteiger partial charge < -0.3 is 4.43 Å². The molecule has 0 aliphatic carbocycles. The summed E-state index contributed by atoms with van der Waals surface area (Å²) >= 11 is 0. The van der Waals surface area contributed by atoms with Crippen LogP contribution < -0.4 is 0 Å². The van der Waals surface area contributed by atoms with Gasteiger partial charge in [0.05, 0.1) is 0 Å². The Hall–Kier alpha value is -0.523. The van der Waals surface area contributed by atoms with Crippen LogP contribution in [0.1, 0.15) is 0 Å². The largest absolute Gasteiger partial charge is 0.411 e. The van der Waals surface area contributed by atoms with Gasteiger partial charge in [-0.3, -0.25) is 0 Å². The average molecular weight is 354 g/mol. The number of hydrogen-bond donors (Lipinski definition) is 0. The summed E-state index contributed by atoms with van der Waals surface area (Å²) in [5.41, 5.74) is 0. The molecule has 0 rings (SSSR count). The molecular weight excluding hydrogens is 342 g/mol. The second kappa shape index (κ2) is 5.59. The summed E-state index contributed by atoms with van der Waals surface area (Å²) in [6, 6.07) is 0. The lowest BCUT2D eigenvalue weighted by Gasteiger charge is -2.37. The van der Waals surface area contributed by atoms with Gasteiger partial charge in [0.2, 0.25) is 0 Å². The van der Waals surface area contributed by atoms with Gasteiger partial charge in [0.25, 0.3) is 0 Å². The van der Waals surface area contributed by atoms with E-state index in [2.05, 4.69) is 4.43 Å². The first-order valence-corrected chi connectivity index (χ1v) is 8.74. The van der Waals surface area contributed by atoms with Crippen molar-refractivity contribution in [2.45, 2.75) is 49.8 Å². The van der Waals surface area contributed by atoms with Crippen molar-refractivity contribution >= 4 is 8.32 Å². The zero-order chi connectivity index (χ0) is 17.5. The van der Waals surface area contributed by atoms with Gasteiger partial charge in [-0.05, 0) is 19.6 Å². The van der Waals surface area contributed by atoms with Crippen molar-refractivity contribution in [2.24, 2.45) is 0 Å². The highest BCUT2D eigenvalue weighted by atomic mass is 28.4. The summed E-state index contributed by atoms with van der Waals surface area (Å²) in [5.74, 6) is -26.1. The summed E-state index contributed by atoms with van der Waals surface area (Å²) < 4.78 is 131. The Morgan fingerprint density at radius 1 is 0.810 bits per heavy atom. The molecule has 0 heterocycles. The molecule has 21 heavy (non-hydrogen) atoms. The van der Waals surface area contributed by atoms with Crippen molar-refractivity contribution in [3.05, 3.63) is 0 Å². The lowest BCUT2D eigenvalue weighted by atomic mass is 9.99. The minimum absolute atomic E-state index is 1.24. The number of halogens is 10. The summed E-state index contributed by atoms with van der Waals surface area (Å²) in [7, 11) is -2.87. The van der Waals surface area contributed by atoms with Crippen LogP contribution in [0.3, 0.4) is 0 Å². The average Bonchev–Trinajstić information content (AvgIpc) is 2.24. The molecule has 0 aromatic carbocycles. The molecule has 0 N–H and O–H groups in total. The molecule has 0 saturated carbocycles. The zero-order valence-electron chi connectivity index (χ0n) is 11.0. The predicted octanol–water partition coefficient (Wildman–Crippen LogP) is 4.64. The maximum Gasteiger partial charge on any atom is 0.384 e. The van der Waals surface area contributed by atoms with Gasteiger partial charge in [0, 0.05) is 0 Å². The Morgan fingerprint density at radius 3 is 1.48 bits per heavy atom. The maximum absolute atomic E-state index is 13.1. The van der Waals surface area contributed by atoms with Gasteiger partial charge in [-0.1, -0.05) is 0 Å². The highest BCUT2D eigenvalue weighted by Gasteiger charge is 2.82. The third kappa shape index (κ3) is 3.82. The summed E-state index contributed by atoms with van der Waals surface area (Å²) in [6.45, 7) is 1.44. The molecule has 0 aliphatic heterocycles. The quantitative estimate of drug-likeness (QED) is 0.478. The highest BCUT2D eigenvalue weighted by molar-refractivity contribution is 6.69. The van der Waals surface area contributed by atoms with Gasteiger partial charge in [-0.15, -0.1) is 0 Å². The van der Waals surface area contributed by atoms with Crippen molar-refractivity contribution < 1.29 is 48.3 Å². The fourth-order valence-electron chi connectivity index (χ4n) is 0.974. The Morgan fingerprint density at radius 2 is 1.19 bits per heavy atom. The van der Waals surface area contributed by atoms with E-state index in [4.69, 9.17) is 0 Å². The second-order valence-electron chi connectivity index (χ2n) is 5.18. The molecule has 1 nitrogen and oxygen atoms in total. The van der Waals surface area contributed by atoms with Crippen molar-refractivity contribution in [1.82, 2.24) is 0 Å². The smallest absolute Gasteiger partial charge is 0.384 e. The summed E-state index contributed by atoms with van der Waals surface area (Å²) in [6.07, 6.45) is -5.24. The molecule has 0 unspecified atom stereocenters. The van der Waals surface area contributed by atoms with Gasteiger partial charge in [-0.2, -0.15) is 35.1 Å². The Labute approximate surface area is 114 Å². The van der Waals surface area contributed by atoms with Crippen molar-refractivity contribution in [2.75, 3.05) is 6.61 Å². The molecule has 0 saturated heterocycles. The predicted molar refractivity (Wildman–Crippen MR) is 55.1 cm³/mol. The first-order chi connectivity index (χ1) is 8.90. The van der Waals surface area contributed by atoms with E-state index in [1.165, 1.54) is 19.6 Å². The molecule has 0 aromatic rings. The lowest BCUT2D eigenvalue weighted by Crippen LogP contribution is -2.65. The van der Waals surface area contributed by atoms with Crippen LogP contribution in [0.25, 0.3) is 0 Å². The van der Waals surface area contributed by atoms with Crippen LogP contribution >= 0.6 is 0 Å². The molecule has 12 heteroatoms. The molecule has 0 aromatic heterocycles. The highest BCUT2D eigenvalue weighted by Crippen LogP contribution is 2.54. The lowest BCUT2D eigenvalue weighted by molar-refractivity contribution is -0.386. The van der Waals surface area contributed by atoms with E-state index in [1.54, 1.807) is 0 Å². The van der Waals surface area contributed by atoms with Crippen LogP contribution in [0.5, 0.6) is 0 Å². The van der Waals surface area contributed by atoms with Crippen LogP contribution in [0.2, 0.25) is 19.6 Å². The Balaban J connectivity index is 5.52. The van der Waals surface area contributed by atoms with E-state index < -0.39 is 45.0 Å². The molecule has 0 bridgehead atoms. The van der Waals surface area contributed by atoms with Crippen molar-refractivity contribution in [3.63, 3.8) is 0 Å². The van der Waals surface area contributed by atoms with E-state index in [-0.39, 0.29) is 0 Å². The van der Waals surface area contributed by atoms with E-state index >= 15 is 0 Å². The minimum Gasteiger partial charge on any atom is -0.411 e. The van der Waals surface area contributed by atoms with Gasteiger partial charge in [0.15, 0.2) is 8.32 Å². The van der Waals surface area contributed by atoms with E-state index in [1.807, 2.05) is 0 Å². The first kappa shape index (κ1) is 20.5. The molecule has 0 fully saturated rings. The third-order valence-electron chi connectivity index (χ3n) is 2.23. The number of rotatable bonds is 7. The van der Waals surface area contributed by atoms with Gasteiger partial charge in [0.1, 0.15) is 6.61 Å². The van der Waals surface area contributed by atoms with Gasteiger partial charge >= 0.3 is 30.1 Å². The molecule has 0 spiro atoms.